The molecular weight excluding hydrogens is 659 g/mol. The highest BCUT2D eigenvalue weighted by Crippen LogP contribution is 2.34. The molecule has 0 saturated heterocycles. The number of benzene rings is 5. The maximum atomic E-state index is 13.0. The SMILES string of the molecule is O=C(Cl)c1ccc2c(c1)C(=O)N(c1ccc(Oc3ccc(Oc4ccc(N5C(=O)c6ccc(C(=O)Cl)cc6C5=O)cc4)cc3)cc1)C2=O. The molecule has 5 aromatic rings. The van der Waals surface area contributed by atoms with Crippen molar-refractivity contribution in [2.24, 2.45) is 0 Å². The number of halogens is 2. The predicted molar refractivity (Wildman–Crippen MR) is 175 cm³/mol. The summed E-state index contributed by atoms with van der Waals surface area (Å²) < 4.78 is 11.8. The van der Waals surface area contributed by atoms with E-state index >= 15 is 0 Å². The standard InChI is InChI=1S/C36H18Cl2N2O8/c37-31(41)19-1-15-27-29(17-19)35(45)39(33(27)43)21-3-7-23(8-4-21)47-25-11-13-26(14-12-25)48-24-9-5-22(6-10-24)40-34(44)28-16-2-20(32(38)42)18-30(28)36(40)46/h1-18H. The van der Waals surface area contributed by atoms with E-state index in [1.54, 1.807) is 72.8 Å². The van der Waals surface area contributed by atoms with Gasteiger partial charge in [-0.05, 0) is 132 Å². The van der Waals surface area contributed by atoms with Crippen molar-refractivity contribution in [2.75, 3.05) is 9.80 Å². The van der Waals surface area contributed by atoms with Crippen LogP contribution in [0.4, 0.5) is 11.4 Å². The molecule has 2 aliphatic heterocycles. The van der Waals surface area contributed by atoms with Crippen LogP contribution in [0.2, 0.25) is 0 Å². The average molecular weight is 677 g/mol. The Hall–Kier alpha value is -6.10. The Morgan fingerprint density at radius 2 is 0.708 bits per heavy atom. The fraction of sp³-hybridized carbons (Fsp3) is 0. The third-order valence-corrected chi connectivity index (χ3v) is 8.15. The summed E-state index contributed by atoms with van der Waals surface area (Å²) in [5.41, 5.74) is 1.50. The Bertz CT molecular complexity index is 2060. The second-order valence-electron chi connectivity index (χ2n) is 10.6. The highest BCUT2D eigenvalue weighted by Gasteiger charge is 2.38. The highest BCUT2D eigenvalue weighted by atomic mass is 35.5. The van der Waals surface area contributed by atoms with Gasteiger partial charge in [0, 0.05) is 11.1 Å². The first-order valence-electron chi connectivity index (χ1n) is 14.2. The van der Waals surface area contributed by atoms with Crippen molar-refractivity contribution in [1.82, 2.24) is 0 Å². The first-order chi connectivity index (χ1) is 23.1. The maximum Gasteiger partial charge on any atom is 0.266 e. The molecule has 2 heterocycles. The average Bonchev–Trinajstić information content (AvgIpc) is 3.49. The van der Waals surface area contributed by atoms with Crippen LogP contribution in [-0.4, -0.2) is 34.1 Å². The van der Waals surface area contributed by atoms with Gasteiger partial charge in [-0.3, -0.25) is 28.8 Å². The topological polar surface area (TPSA) is 127 Å². The minimum absolute atomic E-state index is 0.106. The van der Waals surface area contributed by atoms with Gasteiger partial charge in [-0.1, -0.05) is 0 Å². The molecule has 234 valence electrons. The molecule has 0 radical (unpaired) electrons. The molecule has 0 N–H and O–H groups in total. The van der Waals surface area contributed by atoms with Crippen LogP contribution in [0.5, 0.6) is 23.0 Å². The van der Waals surface area contributed by atoms with Gasteiger partial charge in [-0.2, -0.15) is 0 Å². The molecule has 0 aromatic heterocycles. The van der Waals surface area contributed by atoms with Crippen LogP contribution in [0, 0.1) is 0 Å². The first-order valence-corrected chi connectivity index (χ1v) is 15.0. The quantitative estimate of drug-likeness (QED) is 0.121. The van der Waals surface area contributed by atoms with Gasteiger partial charge >= 0.3 is 0 Å². The van der Waals surface area contributed by atoms with E-state index in [9.17, 15) is 28.8 Å². The van der Waals surface area contributed by atoms with Gasteiger partial charge in [0.1, 0.15) is 23.0 Å². The third-order valence-electron chi connectivity index (χ3n) is 7.71. The number of anilines is 2. The second-order valence-corrected chi connectivity index (χ2v) is 11.3. The van der Waals surface area contributed by atoms with E-state index in [1.807, 2.05) is 0 Å². The molecule has 4 amide bonds. The van der Waals surface area contributed by atoms with Gasteiger partial charge in [0.15, 0.2) is 0 Å². The number of carbonyl (C=O) groups is 6. The lowest BCUT2D eigenvalue weighted by atomic mass is 10.1. The van der Waals surface area contributed by atoms with Crippen LogP contribution in [0.25, 0.3) is 0 Å². The number of fused-ring (bicyclic) bond motifs is 2. The molecule has 0 atom stereocenters. The molecule has 7 rings (SSSR count). The Balaban J connectivity index is 0.985. The fourth-order valence-corrected chi connectivity index (χ4v) is 5.60. The summed E-state index contributed by atoms with van der Waals surface area (Å²) in [5.74, 6) is -0.240. The fourth-order valence-electron chi connectivity index (χ4n) is 5.37. The van der Waals surface area contributed by atoms with Crippen molar-refractivity contribution in [3.05, 3.63) is 143 Å². The number of carbonyl (C=O) groups excluding carboxylic acids is 6. The maximum absolute atomic E-state index is 13.0. The van der Waals surface area contributed by atoms with Gasteiger partial charge in [-0.25, -0.2) is 9.80 Å². The number of imide groups is 2. The normalized spacial score (nSPS) is 13.5. The third kappa shape index (κ3) is 5.38. The second kappa shape index (κ2) is 11.9. The van der Waals surface area contributed by atoms with Crippen molar-refractivity contribution in [2.45, 2.75) is 0 Å². The summed E-state index contributed by atoms with van der Waals surface area (Å²) in [4.78, 5) is 76.8. The number of ether oxygens (including phenoxy) is 2. The summed E-state index contributed by atoms with van der Waals surface area (Å²) in [5, 5.41) is -1.45. The lowest BCUT2D eigenvalue weighted by Crippen LogP contribution is -2.29. The Morgan fingerprint density at radius 3 is 1.02 bits per heavy atom. The van der Waals surface area contributed by atoms with Crippen molar-refractivity contribution in [1.29, 1.82) is 0 Å². The summed E-state index contributed by atoms with van der Waals surface area (Å²) in [6.07, 6.45) is 0. The number of hydrogen-bond donors (Lipinski definition) is 0. The van der Waals surface area contributed by atoms with E-state index in [0.29, 0.717) is 34.4 Å². The van der Waals surface area contributed by atoms with Gasteiger partial charge in [-0.15, -0.1) is 0 Å². The summed E-state index contributed by atoms with van der Waals surface area (Å²) in [7, 11) is 0. The van der Waals surface area contributed by atoms with Crippen molar-refractivity contribution in [3.8, 4) is 23.0 Å². The molecule has 2 aliphatic rings. The Labute approximate surface area is 281 Å². The summed E-state index contributed by atoms with van der Waals surface area (Å²) in [6, 6.07) is 27.8. The van der Waals surface area contributed by atoms with E-state index in [1.165, 1.54) is 36.4 Å². The van der Waals surface area contributed by atoms with Crippen LogP contribution < -0.4 is 19.3 Å². The molecule has 10 nitrogen and oxygen atoms in total. The molecule has 0 fully saturated rings. The molecule has 0 unspecified atom stereocenters. The zero-order valence-corrected chi connectivity index (χ0v) is 25.8. The lowest BCUT2D eigenvalue weighted by molar-refractivity contribution is 0.0910. The Morgan fingerprint density at radius 1 is 0.417 bits per heavy atom. The molecule has 5 aromatic carbocycles. The lowest BCUT2D eigenvalue weighted by Gasteiger charge is -2.15. The predicted octanol–water partition coefficient (Wildman–Crippen LogP) is 7.63. The molecule has 48 heavy (non-hydrogen) atoms. The number of hydrogen-bond acceptors (Lipinski definition) is 8. The van der Waals surface area contributed by atoms with Crippen LogP contribution in [0.1, 0.15) is 62.1 Å². The zero-order valence-electron chi connectivity index (χ0n) is 24.3. The van der Waals surface area contributed by atoms with Crippen LogP contribution >= 0.6 is 23.2 Å². The molecule has 0 bridgehead atoms. The van der Waals surface area contributed by atoms with Crippen molar-refractivity contribution >= 4 is 68.7 Å². The zero-order chi connectivity index (χ0) is 33.7. The Kier molecular flexibility index (Phi) is 7.59. The van der Waals surface area contributed by atoms with Crippen LogP contribution in [0.3, 0.4) is 0 Å². The first kappa shape index (κ1) is 30.5. The van der Waals surface area contributed by atoms with E-state index in [0.717, 1.165) is 9.80 Å². The highest BCUT2D eigenvalue weighted by molar-refractivity contribution is 6.68. The minimum Gasteiger partial charge on any atom is -0.457 e. The smallest absolute Gasteiger partial charge is 0.266 e. The van der Waals surface area contributed by atoms with Crippen molar-refractivity contribution < 1.29 is 38.2 Å². The van der Waals surface area contributed by atoms with Crippen LogP contribution in [-0.2, 0) is 0 Å². The van der Waals surface area contributed by atoms with Crippen molar-refractivity contribution in [3.63, 3.8) is 0 Å². The van der Waals surface area contributed by atoms with Gasteiger partial charge in [0.05, 0.1) is 33.6 Å². The number of rotatable bonds is 8. The molecule has 12 heteroatoms. The summed E-state index contributed by atoms with van der Waals surface area (Å²) in [6.45, 7) is 0. The van der Waals surface area contributed by atoms with Gasteiger partial charge in [0.25, 0.3) is 34.1 Å². The largest absolute Gasteiger partial charge is 0.457 e. The van der Waals surface area contributed by atoms with Gasteiger partial charge in [0.2, 0.25) is 0 Å². The molecular formula is C36H18Cl2N2O8. The monoisotopic (exact) mass is 676 g/mol. The molecule has 0 spiro atoms. The summed E-state index contributed by atoms with van der Waals surface area (Å²) >= 11 is 11.1. The van der Waals surface area contributed by atoms with E-state index < -0.39 is 34.1 Å². The van der Waals surface area contributed by atoms with E-state index in [2.05, 4.69) is 0 Å². The van der Waals surface area contributed by atoms with Crippen LogP contribution in [0.15, 0.2) is 109 Å². The number of nitrogens with zero attached hydrogens (tertiary/aromatic N) is 2. The van der Waals surface area contributed by atoms with E-state index in [-0.39, 0.29) is 33.4 Å². The number of amides is 4. The minimum atomic E-state index is -0.724. The molecule has 0 saturated carbocycles. The van der Waals surface area contributed by atoms with Gasteiger partial charge < -0.3 is 9.47 Å². The molecule has 0 aliphatic carbocycles. The van der Waals surface area contributed by atoms with E-state index in [4.69, 9.17) is 32.7 Å².